The Bertz CT molecular complexity index is 405. The van der Waals surface area contributed by atoms with Crippen LogP contribution in [0, 0.1) is 6.92 Å². The summed E-state index contributed by atoms with van der Waals surface area (Å²) in [6.45, 7) is 1.92. The highest BCUT2D eigenvalue weighted by Crippen LogP contribution is 2.16. The summed E-state index contributed by atoms with van der Waals surface area (Å²) in [6, 6.07) is 9.87. The number of nitrogens with two attached hydrogens (primary N) is 1. The van der Waals surface area contributed by atoms with Crippen molar-refractivity contribution in [3.63, 3.8) is 0 Å². The third-order valence-corrected chi connectivity index (χ3v) is 2.22. The van der Waals surface area contributed by atoms with E-state index in [0.29, 0.717) is 0 Å². The van der Waals surface area contributed by atoms with Gasteiger partial charge in [0, 0.05) is 0 Å². The smallest absolute Gasteiger partial charge is 0.103 e. The van der Waals surface area contributed by atoms with Crippen LogP contribution in [-0.2, 0) is 0 Å². The Kier molecular flexibility index (Phi) is 2.33. The van der Waals surface area contributed by atoms with E-state index in [-0.39, 0.29) is 6.04 Å². The minimum atomic E-state index is -0.114. The maximum atomic E-state index is 6.06. The Morgan fingerprint density at radius 2 is 2.00 bits per heavy atom. The molecule has 3 heteroatoms. The van der Waals surface area contributed by atoms with Gasteiger partial charge in [-0.15, -0.1) is 0 Å². The lowest BCUT2D eigenvalue weighted by Gasteiger charge is -2.08. The summed E-state index contributed by atoms with van der Waals surface area (Å²) < 4.78 is 0. The van der Waals surface area contributed by atoms with Crippen molar-refractivity contribution >= 4 is 0 Å². The molecular formula is C11H13N3. The number of imidazole rings is 1. The fourth-order valence-electron chi connectivity index (χ4n) is 1.44. The van der Waals surface area contributed by atoms with Crippen LogP contribution in [0.1, 0.15) is 23.1 Å². The zero-order valence-corrected chi connectivity index (χ0v) is 8.07. The van der Waals surface area contributed by atoms with Crippen LogP contribution in [0.4, 0.5) is 0 Å². The van der Waals surface area contributed by atoms with Crippen molar-refractivity contribution in [3.05, 3.63) is 53.6 Å². The van der Waals surface area contributed by atoms with Crippen molar-refractivity contribution in [1.82, 2.24) is 9.97 Å². The molecule has 0 saturated carbocycles. The highest BCUT2D eigenvalue weighted by molar-refractivity contribution is 5.26. The van der Waals surface area contributed by atoms with Crippen molar-refractivity contribution in [2.75, 3.05) is 0 Å². The van der Waals surface area contributed by atoms with Crippen molar-refractivity contribution in [3.8, 4) is 0 Å². The van der Waals surface area contributed by atoms with Gasteiger partial charge in [-0.05, 0) is 12.5 Å². The van der Waals surface area contributed by atoms with Gasteiger partial charge in [0.2, 0.25) is 0 Å². The van der Waals surface area contributed by atoms with Gasteiger partial charge in [-0.25, -0.2) is 4.98 Å². The molecular weight excluding hydrogens is 174 g/mol. The van der Waals surface area contributed by atoms with Crippen molar-refractivity contribution in [2.45, 2.75) is 13.0 Å². The molecule has 14 heavy (non-hydrogen) atoms. The minimum absolute atomic E-state index is 0.114. The quantitative estimate of drug-likeness (QED) is 0.752. The van der Waals surface area contributed by atoms with Gasteiger partial charge in [-0.3, -0.25) is 0 Å². The SMILES string of the molecule is Cc1ncc(C(N)c2ccccc2)[nH]1. The average molecular weight is 187 g/mol. The van der Waals surface area contributed by atoms with Crippen molar-refractivity contribution in [1.29, 1.82) is 0 Å². The molecule has 0 radical (unpaired) electrons. The molecule has 0 aliphatic carbocycles. The lowest BCUT2D eigenvalue weighted by atomic mass is 10.1. The van der Waals surface area contributed by atoms with E-state index in [9.17, 15) is 0 Å². The van der Waals surface area contributed by atoms with Crippen molar-refractivity contribution in [2.24, 2.45) is 5.73 Å². The molecule has 0 amide bonds. The molecule has 1 heterocycles. The molecule has 0 aliphatic heterocycles. The lowest BCUT2D eigenvalue weighted by molar-refractivity contribution is 0.834. The number of rotatable bonds is 2. The maximum absolute atomic E-state index is 6.06. The van der Waals surface area contributed by atoms with E-state index >= 15 is 0 Å². The van der Waals surface area contributed by atoms with Gasteiger partial charge in [0.1, 0.15) is 5.82 Å². The Hall–Kier alpha value is -1.61. The largest absolute Gasteiger partial charge is 0.345 e. The van der Waals surface area contributed by atoms with Gasteiger partial charge in [-0.1, -0.05) is 30.3 Å². The lowest BCUT2D eigenvalue weighted by Crippen LogP contribution is -2.11. The Labute approximate surface area is 83.0 Å². The van der Waals surface area contributed by atoms with E-state index in [4.69, 9.17) is 5.73 Å². The number of H-pyrrole nitrogens is 1. The van der Waals surface area contributed by atoms with Crippen molar-refractivity contribution < 1.29 is 0 Å². The third-order valence-electron chi connectivity index (χ3n) is 2.22. The molecule has 0 aliphatic rings. The number of benzene rings is 1. The number of hydrogen-bond donors (Lipinski definition) is 2. The number of nitrogens with zero attached hydrogens (tertiary/aromatic N) is 1. The van der Waals surface area contributed by atoms with Gasteiger partial charge in [0.15, 0.2) is 0 Å². The Morgan fingerprint density at radius 3 is 2.57 bits per heavy atom. The Balaban J connectivity index is 2.29. The van der Waals surface area contributed by atoms with E-state index in [1.54, 1.807) is 6.20 Å². The van der Waals surface area contributed by atoms with E-state index in [2.05, 4.69) is 9.97 Å². The van der Waals surface area contributed by atoms with Crippen LogP contribution in [0.25, 0.3) is 0 Å². The van der Waals surface area contributed by atoms with Crippen LogP contribution in [-0.4, -0.2) is 9.97 Å². The first-order chi connectivity index (χ1) is 6.77. The highest BCUT2D eigenvalue weighted by Gasteiger charge is 2.09. The number of aryl methyl sites for hydroxylation is 1. The third kappa shape index (κ3) is 1.67. The van der Waals surface area contributed by atoms with E-state index in [1.807, 2.05) is 37.3 Å². The van der Waals surface area contributed by atoms with Gasteiger partial charge in [0.25, 0.3) is 0 Å². The van der Waals surface area contributed by atoms with E-state index in [1.165, 1.54) is 0 Å². The van der Waals surface area contributed by atoms with E-state index < -0.39 is 0 Å². The Morgan fingerprint density at radius 1 is 1.29 bits per heavy atom. The predicted octanol–water partition coefficient (Wildman–Crippen LogP) is 1.77. The molecule has 0 saturated heterocycles. The average Bonchev–Trinajstić information content (AvgIpc) is 2.65. The second-order valence-corrected chi connectivity index (χ2v) is 3.31. The normalized spacial score (nSPS) is 12.7. The summed E-state index contributed by atoms with van der Waals surface area (Å²) in [5.41, 5.74) is 8.10. The summed E-state index contributed by atoms with van der Waals surface area (Å²) in [6.07, 6.45) is 1.78. The first-order valence-corrected chi connectivity index (χ1v) is 4.59. The molecule has 0 bridgehead atoms. The van der Waals surface area contributed by atoms with Gasteiger partial charge in [-0.2, -0.15) is 0 Å². The second-order valence-electron chi connectivity index (χ2n) is 3.31. The molecule has 2 rings (SSSR count). The number of nitrogens with one attached hydrogen (secondary N) is 1. The fourth-order valence-corrected chi connectivity index (χ4v) is 1.44. The van der Waals surface area contributed by atoms with Crippen LogP contribution in [0.2, 0.25) is 0 Å². The van der Waals surface area contributed by atoms with Gasteiger partial charge < -0.3 is 10.7 Å². The van der Waals surface area contributed by atoms with Crippen LogP contribution < -0.4 is 5.73 Å². The molecule has 3 N–H and O–H groups in total. The molecule has 1 atom stereocenters. The van der Waals surface area contributed by atoms with Crippen LogP contribution in [0.15, 0.2) is 36.5 Å². The van der Waals surface area contributed by atoms with Crippen LogP contribution >= 0.6 is 0 Å². The zero-order chi connectivity index (χ0) is 9.97. The monoisotopic (exact) mass is 187 g/mol. The summed E-state index contributed by atoms with van der Waals surface area (Å²) in [4.78, 5) is 7.27. The molecule has 1 aromatic heterocycles. The minimum Gasteiger partial charge on any atom is -0.345 e. The molecule has 3 nitrogen and oxygen atoms in total. The zero-order valence-electron chi connectivity index (χ0n) is 8.07. The standard InChI is InChI=1S/C11H13N3/c1-8-13-7-10(14-8)11(12)9-5-3-2-4-6-9/h2-7,11H,12H2,1H3,(H,13,14). The molecule has 0 fully saturated rings. The maximum Gasteiger partial charge on any atom is 0.103 e. The number of hydrogen-bond acceptors (Lipinski definition) is 2. The molecule has 0 spiro atoms. The molecule has 2 aromatic rings. The second kappa shape index (κ2) is 3.64. The van der Waals surface area contributed by atoms with E-state index in [0.717, 1.165) is 17.1 Å². The van der Waals surface area contributed by atoms with Gasteiger partial charge in [0.05, 0.1) is 17.9 Å². The summed E-state index contributed by atoms with van der Waals surface area (Å²) in [7, 11) is 0. The highest BCUT2D eigenvalue weighted by atomic mass is 14.9. The predicted molar refractivity (Wildman–Crippen MR) is 55.8 cm³/mol. The first kappa shape index (κ1) is 8.97. The van der Waals surface area contributed by atoms with Crippen LogP contribution in [0.5, 0.6) is 0 Å². The van der Waals surface area contributed by atoms with Gasteiger partial charge >= 0.3 is 0 Å². The summed E-state index contributed by atoms with van der Waals surface area (Å²) >= 11 is 0. The summed E-state index contributed by atoms with van der Waals surface area (Å²) in [5.74, 6) is 0.895. The number of aromatic amines is 1. The molecule has 72 valence electrons. The molecule has 1 unspecified atom stereocenters. The summed E-state index contributed by atoms with van der Waals surface area (Å²) in [5, 5.41) is 0. The number of aromatic nitrogens is 2. The topological polar surface area (TPSA) is 54.7 Å². The first-order valence-electron chi connectivity index (χ1n) is 4.59. The van der Waals surface area contributed by atoms with Crippen LogP contribution in [0.3, 0.4) is 0 Å². The fraction of sp³-hybridized carbons (Fsp3) is 0.182. The molecule has 1 aromatic carbocycles.